The number of rotatable bonds is 15. The number of alkyl halides is 14. The second-order valence-electron chi connectivity index (χ2n) is 7.56. The van der Waals surface area contributed by atoms with Gasteiger partial charge in [0.15, 0.2) is 0 Å². The minimum atomic E-state index is -7.83. The summed E-state index contributed by atoms with van der Waals surface area (Å²) in [7, 11) is 0. The molecule has 0 radical (unpaired) electrons. The molecule has 0 aliphatic heterocycles. The van der Waals surface area contributed by atoms with E-state index in [0.29, 0.717) is 12.8 Å². The van der Waals surface area contributed by atoms with E-state index in [2.05, 4.69) is 0 Å². The Morgan fingerprint density at radius 1 is 0.531 bits per heavy atom. The molecule has 0 aliphatic rings. The molecule has 0 saturated heterocycles. The van der Waals surface area contributed by atoms with E-state index in [1.807, 2.05) is 6.92 Å². The normalized spacial score (nSPS) is 15.8. The van der Waals surface area contributed by atoms with Crippen molar-refractivity contribution in [2.75, 3.05) is 0 Å². The number of halogens is 14. The van der Waals surface area contributed by atoms with Crippen molar-refractivity contribution in [3.8, 4) is 0 Å². The molecule has 0 aromatic heterocycles. The van der Waals surface area contributed by atoms with Crippen molar-refractivity contribution < 1.29 is 57.1 Å². The molecule has 0 rings (SSSR count). The summed E-state index contributed by atoms with van der Waals surface area (Å²) in [4.78, 5) is 0. The van der Waals surface area contributed by atoms with Crippen molar-refractivity contribution in [3.63, 3.8) is 0 Å². The smallest absolute Gasteiger partial charge is 0.200 e. The lowest BCUT2D eigenvalue weighted by Gasteiger charge is -2.40. The van der Waals surface area contributed by atoms with Crippen LogP contribution in [0.4, 0.5) is 57.1 Å². The minimum Gasteiger partial charge on any atom is -0.200 e. The molecule has 0 amide bonds. The van der Waals surface area contributed by atoms with E-state index < -0.39 is 46.1 Å². The van der Waals surface area contributed by atoms with E-state index in [9.17, 15) is 57.1 Å². The van der Waals surface area contributed by atoms with Gasteiger partial charge in [-0.05, 0) is 6.42 Å². The molecule has 0 aliphatic carbocycles. The molecule has 14 heteroatoms. The summed E-state index contributed by atoms with van der Waals surface area (Å²) in [5.74, 6) is -36.4. The maximum Gasteiger partial charge on any atom is 0.460 e. The van der Waals surface area contributed by atoms with Crippen LogP contribution in [0.15, 0.2) is 0 Å². The van der Waals surface area contributed by atoms with Gasteiger partial charge in [0.1, 0.15) is 0 Å². The Labute approximate surface area is 190 Å². The van der Waals surface area contributed by atoms with E-state index in [1.54, 1.807) is 0 Å². The molecule has 0 nitrogen and oxygen atoms in total. The maximum atomic E-state index is 13.8. The Hall–Kier alpha value is -0.180. The number of hydrogen-bond donors (Lipinski definition) is 0. The largest absolute Gasteiger partial charge is 0.460 e. The summed E-state index contributed by atoms with van der Waals surface area (Å²) in [6.07, 6.45) is -3.45. The Morgan fingerprint density at radius 2 is 0.906 bits per heavy atom. The third kappa shape index (κ3) is 6.92. The van der Waals surface area contributed by atoms with E-state index >= 15 is 0 Å². The molecule has 0 fully saturated rings. The highest BCUT2D eigenvalue weighted by Gasteiger charge is 2.90. The van der Waals surface area contributed by atoms with Gasteiger partial charge in [-0.2, -0.15) is 57.1 Å². The summed E-state index contributed by atoms with van der Waals surface area (Å²) in [6, 6.07) is 0. The third-order valence-electron chi connectivity index (χ3n) is 4.85. The van der Waals surface area contributed by atoms with Crippen molar-refractivity contribution >= 4 is 22.6 Å². The molecular formula is C18H24F13I. The Bertz CT molecular complexity index is 558. The van der Waals surface area contributed by atoms with Crippen LogP contribution in [0.25, 0.3) is 0 Å². The van der Waals surface area contributed by atoms with Crippen LogP contribution < -0.4 is 0 Å². The molecule has 0 heterocycles. The molecule has 0 N–H and O–H groups in total. The van der Waals surface area contributed by atoms with Gasteiger partial charge in [0.25, 0.3) is 0 Å². The first-order valence-electron chi connectivity index (χ1n) is 9.80. The summed E-state index contributed by atoms with van der Waals surface area (Å²) >= 11 is 1.19. The van der Waals surface area contributed by atoms with Crippen LogP contribution >= 0.6 is 22.6 Å². The Morgan fingerprint density at radius 3 is 1.31 bits per heavy atom. The van der Waals surface area contributed by atoms with Crippen molar-refractivity contribution in [3.05, 3.63) is 0 Å². The highest BCUT2D eigenvalue weighted by Crippen LogP contribution is 2.61. The van der Waals surface area contributed by atoms with Gasteiger partial charge in [-0.3, -0.25) is 0 Å². The molecule has 0 bridgehead atoms. The monoisotopic (exact) mass is 614 g/mol. The van der Waals surface area contributed by atoms with Crippen molar-refractivity contribution in [1.29, 1.82) is 0 Å². The zero-order valence-corrected chi connectivity index (χ0v) is 19.1. The van der Waals surface area contributed by atoms with Crippen LogP contribution in [-0.2, 0) is 0 Å². The first-order chi connectivity index (χ1) is 14.2. The first-order valence-corrected chi connectivity index (χ1v) is 11.0. The lowest BCUT2D eigenvalue weighted by atomic mass is 9.91. The van der Waals surface area contributed by atoms with Gasteiger partial charge in [0, 0.05) is 10.3 Å². The molecule has 0 spiro atoms. The summed E-state index contributed by atoms with van der Waals surface area (Å²) in [5.41, 5.74) is 0. The predicted molar refractivity (Wildman–Crippen MR) is 100 cm³/mol. The quantitative estimate of drug-likeness (QED) is 0.0747. The Balaban J connectivity index is 5.15. The molecule has 0 saturated carbocycles. The fourth-order valence-corrected chi connectivity index (χ4v) is 3.80. The van der Waals surface area contributed by atoms with E-state index in [-0.39, 0.29) is 12.8 Å². The van der Waals surface area contributed by atoms with E-state index in [0.717, 1.165) is 32.1 Å². The van der Waals surface area contributed by atoms with Crippen LogP contribution in [0, 0.1) is 0 Å². The molecule has 194 valence electrons. The fraction of sp³-hybridized carbons (Fsp3) is 1.00. The van der Waals surface area contributed by atoms with Gasteiger partial charge in [-0.1, -0.05) is 80.9 Å². The van der Waals surface area contributed by atoms with Gasteiger partial charge < -0.3 is 0 Å². The van der Waals surface area contributed by atoms with E-state index in [4.69, 9.17) is 0 Å². The van der Waals surface area contributed by atoms with Crippen molar-refractivity contribution in [2.24, 2.45) is 0 Å². The predicted octanol–water partition coefficient (Wildman–Crippen LogP) is 9.45. The van der Waals surface area contributed by atoms with Crippen LogP contribution in [0.3, 0.4) is 0 Å². The summed E-state index contributed by atoms with van der Waals surface area (Å²) in [5, 5.41) is 0. The Kier molecular flexibility index (Phi) is 11.4. The first kappa shape index (κ1) is 31.8. The summed E-state index contributed by atoms with van der Waals surface area (Å²) in [6.45, 7) is 2.01. The standard InChI is InChI=1S/C18H24F13I/c1-2-3-4-5-6-7-8-9-10-12(32)11-13(19,20)14(21,22)15(23,24)16(25,26)17(27,28)18(29,30)31/h12H,2-11H2,1H3. The lowest BCUT2D eigenvalue weighted by molar-refractivity contribution is -0.440. The topological polar surface area (TPSA) is 0 Å². The van der Waals surface area contributed by atoms with Crippen molar-refractivity contribution in [2.45, 2.75) is 111 Å². The zero-order chi connectivity index (χ0) is 25.6. The SMILES string of the molecule is CCCCCCCCCCC(I)CC(F)(F)C(F)(F)C(F)(F)C(F)(F)C(F)(F)C(F)(F)F. The molecule has 1 unspecified atom stereocenters. The fourth-order valence-electron chi connectivity index (χ4n) is 2.81. The number of hydrogen-bond acceptors (Lipinski definition) is 0. The van der Waals surface area contributed by atoms with Crippen LogP contribution in [0.5, 0.6) is 0 Å². The van der Waals surface area contributed by atoms with Crippen molar-refractivity contribution in [1.82, 2.24) is 0 Å². The van der Waals surface area contributed by atoms with Gasteiger partial charge >= 0.3 is 35.8 Å². The van der Waals surface area contributed by atoms with Gasteiger partial charge in [-0.25, -0.2) is 0 Å². The molecular weight excluding hydrogens is 590 g/mol. The maximum absolute atomic E-state index is 13.8. The average molecular weight is 614 g/mol. The average Bonchev–Trinajstić information content (AvgIpc) is 2.61. The zero-order valence-electron chi connectivity index (χ0n) is 16.9. The van der Waals surface area contributed by atoms with Gasteiger partial charge in [0.05, 0.1) is 0 Å². The van der Waals surface area contributed by atoms with Gasteiger partial charge in [0.2, 0.25) is 0 Å². The van der Waals surface area contributed by atoms with Crippen LogP contribution in [0.2, 0.25) is 0 Å². The lowest BCUT2D eigenvalue weighted by Crippen LogP contribution is -2.70. The van der Waals surface area contributed by atoms with Gasteiger partial charge in [-0.15, -0.1) is 0 Å². The highest BCUT2D eigenvalue weighted by atomic mass is 127. The van der Waals surface area contributed by atoms with Crippen LogP contribution in [-0.4, -0.2) is 39.7 Å². The highest BCUT2D eigenvalue weighted by molar-refractivity contribution is 14.1. The van der Waals surface area contributed by atoms with E-state index in [1.165, 1.54) is 22.6 Å². The van der Waals surface area contributed by atoms with Crippen LogP contribution in [0.1, 0.15) is 71.1 Å². The number of unbranched alkanes of at least 4 members (excludes halogenated alkanes) is 7. The molecule has 0 aromatic carbocycles. The molecule has 1 atom stereocenters. The second kappa shape index (κ2) is 11.5. The third-order valence-corrected chi connectivity index (χ3v) is 5.91. The minimum absolute atomic E-state index is 0.193. The second-order valence-corrected chi connectivity index (χ2v) is 9.33. The summed E-state index contributed by atoms with van der Waals surface area (Å²) < 4.78 is 169. The molecule has 0 aromatic rings. The molecule has 32 heavy (non-hydrogen) atoms.